The molecule has 0 aliphatic heterocycles. The van der Waals surface area contributed by atoms with Gasteiger partial charge in [-0.15, -0.1) is 0 Å². The lowest BCUT2D eigenvalue weighted by Crippen LogP contribution is -1.86. The minimum atomic E-state index is 1.29. The summed E-state index contributed by atoms with van der Waals surface area (Å²) in [4.78, 5) is 0. The molecular weight excluding hydrogens is 254 g/mol. The summed E-state index contributed by atoms with van der Waals surface area (Å²) in [6.07, 6.45) is 0. The van der Waals surface area contributed by atoms with Gasteiger partial charge >= 0.3 is 0 Å². The van der Waals surface area contributed by atoms with Crippen molar-refractivity contribution >= 4 is 21.8 Å². The van der Waals surface area contributed by atoms with Gasteiger partial charge in [0.05, 0.1) is 0 Å². The molecule has 0 aliphatic carbocycles. The van der Waals surface area contributed by atoms with Crippen LogP contribution in [-0.4, -0.2) is 4.57 Å². The minimum absolute atomic E-state index is 1.29. The van der Waals surface area contributed by atoms with Crippen LogP contribution in [0.15, 0.2) is 66.7 Å². The van der Waals surface area contributed by atoms with Crippen molar-refractivity contribution in [3.05, 3.63) is 72.3 Å². The molecular formula is C20H17N. The highest BCUT2D eigenvalue weighted by Gasteiger charge is 2.09. The van der Waals surface area contributed by atoms with Gasteiger partial charge in [0.25, 0.3) is 0 Å². The summed E-state index contributed by atoms with van der Waals surface area (Å²) in [6.45, 7) is 2.17. The van der Waals surface area contributed by atoms with E-state index in [0.29, 0.717) is 0 Å². The first kappa shape index (κ1) is 12.2. The van der Waals surface area contributed by atoms with E-state index in [1.165, 1.54) is 38.5 Å². The van der Waals surface area contributed by atoms with E-state index in [4.69, 9.17) is 0 Å². The molecule has 21 heavy (non-hydrogen) atoms. The molecule has 1 aromatic heterocycles. The van der Waals surface area contributed by atoms with Crippen molar-refractivity contribution < 1.29 is 0 Å². The van der Waals surface area contributed by atoms with E-state index < -0.39 is 0 Å². The van der Waals surface area contributed by atoms with E-state index in [1.807, 2.05) is 0 Å². The third-order valence-corrected chi connectivity index (χ3v) is 4.37. The van der Waals surface area contributed by atoms with Crippen molar-refractivity contribution in [3.63, 3.8) is 0 Å². The highest BCUT2D eigenvalue weighted by Crippen LogP contribution is 2.32. The average Bonchev–Trinajstić information content (AvgIpc) is 2.81. The second-order valence-electron chi connectivity index (χ2n) is 5.62. The third-order valence-electron chi connectivity index (χ3n) is 4.37. The van der Waals surface area contributed by atoms with Crippen molar-refractivity contribution in [2.24, 2.45) is 7.05 Å². The lowest BCUT2D eigenvalue weighted by atomic mass is 9.99. The molecule has 0 saturated heterocycles. The van der Waals surface area contributed by atoms with Crippen molar-refractivity contribution in [1.29, 1.82) is 0 Å². The topological polar surface area (TPSA) is 4.93 Å². The Morgan fingerprint density at radius 3 is 2.29 bits per heavy atom. The van der Waals surface area contributed by atoms with Crippen LogP contribution < -0.4 is 0 Å². The molecule has 1 nitrogen and oxygen atoms in total. The molecule has 0 saturated carbocycles. The molecule has 1 heteroatoms. The predicted octanol–water partition coefficient (Wildman–Crippen LogP) is 5.31. The zero-order valence-corrected chi connectivity index (χ0v) is 12.3. The zero-order valence-electron chi connectivity index (χ0n) is 12.3. The molecule has 0 unspecified atom stereocenters. The van der Waals surface area contributed by atoms with Crippen LogP contribution in [0.2, 0.25) is 0 Å². The molecule has 102 valence electrons. The summed E-state index contributed by atoms with van der Waals surface area (Å²) in [6, 6.07) is 23.9. The molecule has 4 rings (SSSR count). The quantitative estimate of drug-likeness (QED) is 0.442. The van der Waals surface area contributed by atoms with E-state index >= 15 is 0 Å². The standard InChI is InChI=1S/C20H17N/c1-14-7-3-4-8-16(14)15-11-12-20-18(13-15)17-9-5-6-10-19(17)21(20)2/h3-13H,1-2H3. The fraction of sp³-hybridized carbons (Fsp3) is 0.100. The molecule has 3 aromatic carbocycles. The summed E-state index contributed by atoms with van der Waals surface area (Å²) in [5, 5.41) is 2.65. The maximum Gasteiger partial charge on any atom is 0.0489 e. The van der Waals surface area contributed by atoms with E-state index in [-0.39, 0.29) is 0 Å². The van der Waals surface area contributed by atoms with Crippen LogP contribution in [0.25, 0.3) is 32.9 Å². The SMILES string of the molecule is Cc1ccccc1-c1ccc2c(c1)c1ccccc1n2C. The Bertz CT molecular complexity index is 960. The van der Waals surface area contributed by atoms with Crippen molar-refractivity contribution in [2.45, 2.75) is 6.92 Å². The first-order valence-electron chi connectivity index (χ1n) is 7.29. The maximum atomic E-state index is 2.32. The summed E-state index contributed by atoms with van der Waals surface area (Å²) >= 11 is 0. The summed E-state index contributed by atoms with van der Waals surface area (Å²) in [7, 11) is 2.14. The first-order chi connectivity index (χ1) is 10.3. The molecule has 0 fully saturated rings. The third kappa shape index (κ3) is 1.78. The fourth-order valence-electron chi connectivity index (χ4n) is 3.23. The Morgan fingerprint density at radius 1 is 0.714 bits per heavy atom. The van der Waals surface area contributed by atoms with Crippen LogP contribution in [0, 0.1) is 6.92 Å². The number of hydrogen-bond donors (Lipinski definition) is 0. The number of rotatable bonds is 1. The number of aromatic nitrogens is 1. The predicted molar refractivity (Wildman–Crippen MR) is 90.6 cm³/mol. The Morgan fingerprint density at radius 2 is 1.43 bits per heavy atom. The van der Waals surface area contributed by atoms with Crippen LogP contribution in [0.4, 0.5) is 0 Å². The van der Waals surface area contributed by atoms with Gasteiger partial charge in [-0.25, -0.2) is 0 Å². The molecule has 0 N–H and O–H groups in total. The Balaban J connectivity index is 2.07. The van der Waals surface area contributed by atoms with E-state index in [1.54, 1.807) is 0 Å². The number of hydrogen-bond acceptors (Lipinski definition) is 0. The van der Waals surface area contributed by atoms with Crippen LogP contribution in [0.1, 0.15) is 5.56 Å². The fourth-order valence-corrected chi connectivity index (χ4v) is 3.23. The van der Waals surface area contributed by atoms with Gasteiger partial charge in [0.1, 0.15) is 0 Å². The lowest BCUT2D eigenvalue weighted by molar-refractivity contribution is 1.01. The van der Waals surface area contributed by atoms with Crippen LogP contribution in [-0.2, 0) is 7.05 Å². The second-order valence-corrected chi connectivity index (χ2v) is 5.62. The molecule has 0 radical (unpaired) electrons. The van der Waals surface area contributed by atoms with Crippen LogP contribution >= 0.6 is 0 Å². The Labute approximate surface area is 124 Å². The first-order valence-corrected chi connectivity index (χ1v) is 7.29. The highest BCUT2D eigenvalue weighted by atomic mass is 14.9. The Kier molecular flexibility index (Phi) is 2.61. The highest BCUT2D eigenvalue weighted by molar-refractivity contribution is 6.09. The van der Waals surface area contributed by atoms with E-state index in [9.17, 15) is 0 Å². The molecule has 0 aliphatic rings. The second kappa shape index (κ2) is 4.49. The van der Waals surface area contributed by atoms with Gasteiger partial charge in [-0.2, -0.15) is 0 Å². The monoisotopic (exact) mass is 271 g/mol. The van der Waals surface area contributed by atoms with E-state index in [2.05, 4.69) is 85.3 Å². The summed E-state index contributed by atoms with van der Waals surface area (Å²) in [5.74, 6) is 0. The van der Waals surface area contributed by atoms with Crippen LogP contribution in [0.5, 0.6) is 0 Å². The van der Waals surface area contributed by atoms with Crippen molar-refractivity contribution in [2.75, 3.05) is 0 Å². The van der Waals surface area contributed by atoms with Gasteiger partial charge in [0, 0.05) is 28.9 Å². The number of fused-ring (bicyclic) bond motifs is 3. The van der Waals surface area contributed by atoms with Crippen LogP contribution in [0.3, 0.4) is 0 Å². The normalized spacial score (nSPS) is 11.3. The number of nitrogens with zero attached hydrogens (tertiary/aromatic N) is 1. The van der Waals surface area contributed by atoms with Gasteiger partial charge in [-0.3, -0.25) is 0 Å². The minimum Gasteiger partial charge on any atom is -0.344 e. The number of aryl methyl sites for hydroxylation is 2. The van der Waals surface area contributed by atoms with Crippen molar-refractivity contribution in [3.8, 4) is 11.1 Å². The lowest BCUT2D eigenvalue weighted by Gasteiger charge is -2.06. The summed E-state index contributed by atoms with van der Waals surface area (Å²) < 4.78 is 2.27. The zero-order chi connectivity index (χ0) is 14.4. The molecule has 0 atom stereocenters. The Hall–Kier alpha value is -2.54. The average molecular weight is 271 g/mol. The van der Waals surface area contributed by atoms with Gasteiger partial charge in [0.15, 0.2) is 0 Å². The molecule has 0 spiro atoms. The van der Waals surface area contributed by atoms with Gasteiger partial charge < -0.3 is 4.57 Å². The van der Waals surface area contributed by atoms with E-state index in [0.717, 1.165) is 0 Å². The molecule has 1 heterocycles. The van der Waals surface area contributed by atoms with Gasteiger partial charge in [-0.1, -0.05) is 48.5 Å². The van der Waals surface area contributed by atoms with Gasteiger partial charge in [0.2, 0.25) is 0 Å². The molecule has 4 aromatic rings. The van der Waals surface area contributed by atoms with Crippen molar-refractivity contribution in [1.82, 2.24) is 4.57 Å². The smallest absolute Gasteiger partial charge is 0.0489 e. The van der Waals surface area contributed by atoms with Gasteiger partial charge in [-0.05, 0) is 41.8 Å². The summed E-state index contributed by atoms with van der Waals surface area (Å²) in [5.41, 5.74) is 6.49. The molecule has 0 amide bonds. The number of para-hydroxylation sites is 1. The maximum absolute atomic E-state index is 2.32. The largest absolute Gasteiger partial charge is 0.344 e. The number of benzene rings is 3. The molecule has 0 bridgehead atoms.